The van der Waals surface area contributed by atoms with Crippen molar-refractivity contribution in [1.82, 2.24) is 0 Å². The molecule has 4 nitrogen and oxygen atoms in total. The van der Waals surface area contributed by atoms with Gasteiger partial charge in [0.05, 0.1) is 12.4 Å². The van der Waals surface area contributed by atoms with Gasteiger partial charge >= 0.3 is 0 Å². The van der Waals surface area contributed by atoms with Crippen LogP contribution in [0.1, 0.15) is 6.42 Å². The zero-order valence-corrected chi connectivity index (χ0v) is 7.57. The normalized spacial score (nSPS) is 11.8. The first kappa shape index (κ1) is 11.2. The SMILES string of the molecule is O=S(=O)(O)CCCOCCCl. The number of alkyl halides is 1. The van der Waals surface area contributed by atoms with Crippen molar-refractivity contribution in [1.29, 1.82) is 0 Å². The summed E-state index contributed by atoms with van der Waals surface area (Å²) in [6.45, 7) is 0.722. The molecule has 0 heterocycles. The third-order valence-electron chi connectivity index (χ3n) is 0.912. The topological polar surface area (TPSA) is 63.6 Å². The van der Waals surface area contributed by atoms with Crippen LogP contribution < -0.4 is 0 Å². The molecule has 6 heteroatoms. The van der Waals surface area contributed by atoms with Gasteiger partial charge in [-0.1, -0.05) is 0 Å². The van der Waals surface area contributed by atoms with E-state index in [2.05, 4.69) is 0 Å². The lowest BCUT2D eigenvalue weighted by Crippen LogP contribution is -2.07. The van der Waals surface area contributed by atoms with E-state index in [0.717, 1.165) is 0 Å². The molecular formula is C5H11ClO4S. The van der Waals surface area contributed by atoms with Crippen LogP contribution >= 0.6 is 11.6 Å². The predicted molar refractivity (Wildman–Crippen MR) is 42.6 cm³/mol. The summed E-state index contributed by atoms with van der Waals surface area (Å²) in [4.78, 5) is 0. The molecule has 68 valence electrons. The summed E-state index contributed by atoms with van der Waals surface area (Å²) in [6, 6.07) is 0. The highest BCUT2D eigenvalue weighted by Gasteiger charge is 2.02. The summed E-state index contributed by atoms with van der Waals surface area (Å²) in [7, 11) is -3.82. The minimum atomic E-state index is -3.82. The van der Waals surface area contributed by atoms with Crippen LogP contribution in [-0.2, 0) is 14.9 Å². The van der Waals surface area contributed by atoms with Gasteiger partial charge in [-0.3, -0.25) is 4.55 Å². The van der Waals surface area contributed by atoms with E-state index in [1.807, 2.05) is 0 Å². The van der Waals surface area contributed by atoms with Crippen LogP contribution in [-0.4, -0.2) is 37.8 Å². The van der Waals surface area contributed by atoms with Crippen LogP contribution in [0.25, 0.3) is 0 Å². The second-order valence-electron chi connectivity index (χ2n) is 1.94. The van der Waals surface area contributed by atoms with Gasteiger partial charge < -0.3 is 4.74 Å². The van der Waals surface area contributed by atoms with Gasteiger partial charge in [-0.15, -0.1) is 11.6 Å². The quantitative estimate of drug-likeness (QED) is 0.388. The minimum absolute atomic E-state index is 0.255. The second-order valence-corrected chi connectivity index (χ2v) is 3.89. The summed E-state index contributed by atoms with van der Waals surface area (Å²) in [6.07, 6.45) is 0.301. The molecule has 0 bridgehead atoms. The molecule has 0 aromatic heterocycles. The van der Waals surface area contributed by atoms with E-state index in [1.165, 1.54) is 0 Å². The molecule has 0 spiro atoms. The Morgan fingerprint density at radius 1 is 1.36 bits per heavy atom. The lowest BCUT2D eigenvalue weighted by molar-refractivity contribution is 0.150. The van der Waals surface area contributed by atoms with Crippen molar-refractivity contribution in [3.63, 3.8) is 0 Å². The molecule has 0 unspecified atom stereocenters. The first-order valence-electron chi connectivity index (χ1n) is 3.15. The first-order valence-corrected chi connectivity index (χ1v) is 5.29. The highest BCUT2D eigenvalue weighted by molar-refractivity contribution is 7.85. The second kappa shape index (κ2) is 5.77. The highest BCUT2D eigenvalue weighted by Crippen LogP contribution is 1.89. The molecule has 0 aromatic rings. The zero-order chi connectivity index (χ0) is 8.74. The molecule has 0 aliphatic carbocycles. The Bertz CT molecular complexity index is 177. The highest BCUT2D eigenvalue weighted by atomic mass is 35.5. The fourth-order valence-corrected chi connectivity index (χ4v) is 1.09. The van der Waals surface area contributed by atoms with Crippen LogP contribution in [0.4, 0.5) is 0 Å². The standard InChI is InChI=1S/C5H11ClO4S/c6-2-4-10-3-1-5-11(7,8)9/h1-5H2,(H,7,8,9). The number of hydrogen-bond donors (Lipinski definition) is 1. The lowest BCUT2D eigenvalue weighted by atomic mass is 10.5. The van der Waals surface area contributed by atoms with Crippen molar-refractivity contribution in [3.05, 3.63) is 0 Å². The molecule has 0 aliphatic heterocycles. The van der Waals surface area contributed by atoms with Gasteiger partial charge in [0, 0.05) is 12.5 Å². The molecule has 11 heavy (non-hydrogen) atoms. The maximum absolute atomic E-state index is 10.1. The van der Waals surface area contributed by atoms with Gasteiger partial charge in [0.15, 0.2) is 0 Å². The van der Waals surface area contributed by atoms with Crippen molar-refractivity contribution < 1.29 is 17.7 Å². The number of hydrogen-bond acceptors (Lipinski definition) is 3. The third kappa shape index (κ3) is 10.2. The first-order chi connectivity index (χ1) is 5.06. The summed E-state index contributed by atoms with van der Waals surface area (Å²) < 4.78 is 33.4. The van der Waals surface area contributed by atoms with Crippen LogP contribution in [0.2, 0.25) is 0 Å². The summed E-state index contributed by atoms with van der Waals surface area (Å²) >= 11 is 5.28. The molecule has 0 atom stereocenters. The fourth-order valence-electron chi connectivity index (χ4n) is 0.500. The molecule has 0 amide bonds. The Kier molecular flexibility index (Phi) is 5.85. The van der Waals surface area contributed by atoms with Crippen LogP contribution in [0.5, 0.6) is 0 Å². The van der Waals surface area contributed by atoms with E-state index >= 15 is 0 Å². The Morgan fingerprint density at radius 2 is 2.00 bits per heavy atom. The van der Waals surface area contributed by atoms with Gasteiger partial charge in [0.2, 0.25) is 0 Å². The molecule has 0 saturated carbocycles. The molecule has 0 aliphatic rings. The monoisotopic (exact) mass is 202 g/mol. The molecule has 1 N–H and O–H groups in total. The van der Waals surface area contributed by atoms with Crippen molar-refractivity contribution in [2.45, 2.75) is 6.42 Å². The van der Waals surface area contributed by atoms with Gasteiger partial charge in [0.25, 0.3) is 10.1 Å². The van der Waals surface area contributed by atoms with Crippen molar-refractivity contribution in [2.24, 2.45) is 0 Å². The summed E-state index contributed by atoms with van der Waals surface area (Å²) in [5.41, 5.74) is 0. The zero-order valence-electron chi connectivity index (χ0n) is 5.99. The molecule has 0 rings (SSSR count). The Balaban J connectivity index is 3.16. The van der Waals surface area contributed by atoms with E-state index < -0.39 is 10.1 Å². The smallest absolute Gasteiger partial charge is 0.264 e. The van der Waals surface area contributed by atoms with Crippen LogP contribution in [0, 0.1) is 0 Å². The maximum Gasteiger partial charge on any atom is 0.264 e. The largest absolute Gasteiger partial charge is 0.380 e. The molecule has 0 aromatic carbocycles. The fraction of sp³-hybridized carbons (Fsp3) is 1.00. The molecule has 0 fully saturated rings. The van der Waals surface area contributed by atoms with Gasteiger partial charge in [0.1, 0.15) is 0 Å². The summed E-state index contributed by atoms with van der Waals surface area (Å²) in [5.74, 6) is 0.140. The van der Waals surface area contributed by atoms with Gasteiger partial charge in [-0.25, -0.2) is 0 Å². The van der Waals surface area contributed by atoms with E-state index in [0.29, 0.717) is 25.5 Å². The number of ether oxygens (including phenoxy) is 1. The Labute approximate surface area is 71.2 Å². The molecular weight excluding hydrogens is 192 g/mol. The van der Waals surface area contributed by atoms with Crippen LogP contribution in [0.3, 0.4) is 0 Å². The van der Waals surface area contributed by atoms with E-state index in [-0.39, 0.29) is 5.75 Å². The molecule has 0 radical (unpaired) electrons. The van der Waals surface area contributed by atoms with E-state index in [9.17, 15) is 8.42 Å². The molecule has 0 saturated heterocycles. The van der Waals surface area contributed by atoms with Crippen molar-refractivity contribution in [2.75, 3.05) is 24.8 Å². The van der Waals surface area contributed by atoms with Gasteiger partial charge in [-0.2, -0.15) is 8.42 Å². The predicted octanol–water partition coefficient (Wildman–Crippen LogP) is 0.520. The van der Waals surface area contributed by atoms with Gasteiger partial charge in [-0.05, 0) is 6.42 Å². The lowest BCUT2D eigenvalue weighted by Gasteiger charge is -1.99. The minimum Gasteiger partial charge on any atom is -0.380 e. The maximum atomic E-state index is 10.1. The van der Waals surface area contributed by atoms with Crippen molar-refractivity contribution >= 4 is 21.7 Å². The Morgan fingerprint density at radius 3 is 2.45 bits per heavy atom. The summed E-state index contributed by atoms with van der Waals surface area (Å²) in [5, 5.41) is 0. The average Bonchev–Trinajstić information content (AvgIpc) is 1.85. The number of halogens is 1. The average molecular weight is 203 g/mol. The Hall–Kier alpha value is 0.160. The van der Waals surface area contributed by atoms with Crippen molar-refractivity contribution in [3.8, 4) is 0 Å². The number of rotatable bonds is 6. The van der Waals surface area contributed by atoms with E-state index in [4.69, 9.17) is 20.9 Å². The third-order valence-corrected chi connectivity index (χ3v) is 1.87. The van der Waals surface area contributed by atoms with E-state index in [1.54, 1.807) is 0 Å². The van der Waals surface area contributed by atoms with Crippen LogP contribution in [0.15, 0.2) is 0 Å².